The summed E-state index contributed by atoms with van der Waals surface area (Å²) in [4.78, 5) is 11.1. The van der Waals surface area contributed by atoms with Gasteiger partial charge in [0.1, 0.15) is 11.5 Å². The topological polar surface area (TPSA) is 104 Å². The third-order valence-electron chi connectivity index (χ3n) is 6.27. The number of piperazine rings is 1. The van der Waals surface area contributed by atoms with Gasteiger partial charge in [0.15, 0.2) is 0 Å². The maximum Gasteiger partial charge on any atom is 0.237 e. The normalized spacial score (nSPS) is 14.6. The third-order valence-corrected chi connectivity index (χ3v) is 8.39. The number of halogens is 1. The zero-order valence-corrected chi connectivity index (χ0v) is 21.8. The molecule has 1 fully saturated rings. The molecule has 0 spiro atoms. The van der Waals surface area contributed by atoms with E-state index >= 15 is 0 Å². The fourth-order valence-electron chi connectivity index (χ4n) is 4.09. The molecule has 2 aromatic carbocycles. The van der Waals surface area contributed by atoms with Crippen molar-refractivity contribution in [3.63, 3.8) is 0 Å². The summed E-state index contributed by atoms with van der Waals surface area (Å²) in [6, 6.07) is 14.0. The highest BCUT2D eigenvalue weighted by Gasteiger charge is 2.29. The lowest BCUT2D eigenvalue weighted by atomic mass is 10.2. The van der Waals surface area contributed by atoms with Crippen LogP contribution in [-0.2, 0) is 10.0 Å². The van der Waals surface area contributed by atoms with Gasteiger partial charge in [0.2, 0.25) is 16.0 Å². The molecule has 1 aliphatic heterocycles. The summed E-state index contributed by atoms with van der Waals surface area (Å²) in [5.41, 5.74) is 2.96. The lowest BCUT2D eigenvalue weighted by Gasteiger charge is -2.29. The van der Waals surface area contributed by atoms with Crippen molar-refractivity contribution in [2.75, 3.05) is 41.1 Å². The highest BCUT2D eigenvalue weighted by Crippen LogP contribution is 2.27. The van der Waals surface area contributed by atoms with Crippen molar-refractivity contribution in [2.24, 2.45) is 0 Å². The Kier molecular flexibility index (Phi) is 6.50. The van der Waals surface area contributed by atoms with Crippen LogP contribution in [0.4, 0.5) is 27.4 Å². The van der Waals surface area contributed by atoms with E-state index in [2.05, 4.69) is 25.3 Å². The predicted octanol–water partition coefficient (Wildman–Crippen LogP) is 4.25. The first-order chi connectivity index (χ1) is 17.6. The summed E-state index contributed by atoms with van der Waals surface area (Å²) in [5.74, 6) is 0.0252. The molecule has 0 aliphatic carbocycles. The quantitative estimate of drug-likeness (QED) is 0.347. The van der Waals surface area contributed by atoms with E-state index in [9.17, 15) is 12.8 Å². The number of benzene rings is 2. The van der Waals surface area contributed by atoms with Gasteiger partial charge in [-0.25, -0.2) is 17.8 Å². The molecule has 0 unspecified atom stereocenters. The van der Waals surface area contributed by atoms with Crippen LogP contribution >= 0.6 is 0 Å². The zero-order valence-electron chi connectivity index (χ0n) is 21.0. The van der Waals surface area contributed by atoms with Crippen LogP contribution in [-0.4, -0.2) is 53.9 Å². The second-order valence-corrected chi connectivity index (χ2v) is 12.4. The minimum absolute atomic E-state index is 0.300. The second kappa shape index (κ2) is 9.64. The Bertz CT molecular complexity index is 1540. The number of hydrogen-bond acceptors (Lipinski definition) is 7. The van der Waals surface area contributed by atoms with Gasteiger partial charge >= 0.3 is 0 Å². The molecular weight excluding hydrogens is 493 g/mol. The third kappa shape index (κ3) is 5.23. The number of nitrogens with one attached hydrogen (secondary N) is 3. The number of hydrogen-bond donors (Lipinski definition) is 3. The molecule has 0 radical (unpaired) electrons. The van der Waals surface area contributed by atoms with Crippen LogP contribution in [0.25, 0.3) is 16.7 Å². The average molecular weight is 524 g/mol. The summed E-state index contributed by atoms with van der Waals surface area (Å²) in [6.07, 6.45) is 3.54. The molecule has 4 aromatic rings. The molecule has 3 heterocycles. The zero-order chi connectivity index (χ0) is 26.2. The molecule has 9 nitrogen and oxygen atoms in total. The lowest BCUT2D eigenvalue weighted by molar-refractivity contribution is 0.566. The van der Waals surface area contributed by atoms with E-state index in [1.54, 1.807) is 51.2 Å². The fraction of sp³-hybridized carbons (Fsp3) is 0.308. The van der Waals surface area contributed by atoms with Gasteiger partial charge in [0, 0.05) is 55.3 Å². The minimum Gasteiger partial charge on any atom is -0.367 e. The SMILES string of the molecule is CC(C)(C)S(=O)(=O)Nc1cccc(-n2ccc3cnc(Nc4ccc(N5CCNCC5)c(F)c4)nc32)c1. The number of anilines is 4. The van der Waals surface area contributed by atoms with Crippen LogP contribution in [0.2, 0.25) is 0 Å². The Balaban J connectivity index is 1.40. The van der Waals surface area contributed by atoms with E-state index in [0.717, 1.165) is 37.3 Å². The summed E-state index contributed by atoms with van der Waals surface area (Å²) < 4.78 is 43.6. The molecule has 11 heteroatoms. The van der Waals surface area contributed by atoms with Crippen molar-refractivity contribution in [2.45, 2.75) is 25.5 Å². The van der Waals surface area contributed by atoms with Crippen LogP contribution in [0.3, 0.4) is 0 Å². The standard InChI is InChI=1S/C26H30FN7O2S/c1-26(2,3)37(35,36)32-20-5-4-6-21(15-20)34-12-9-18-17-29-25(31-24(18)34)30-19-7-8-23(22(27)16-19)33-13-10-28-11-14-33/h4-9,12,15-17,28,32H,10-11,13-14H2,1-3H3,(H,29,30,31). The molecule has 0 amide bonds. The Hall–Kier alpha value is -3.70. The van der Waals surface area contributed by atoms with E-state index in [4.69, 9.17) is 0 Å². The molecule has 1 aliphatic rings. The van der Waals surface area contributed by atoms with Crippen molar-refractivity contribution in [1.29, 1.82) is 0 Å². The predicted molar refractivity (Wildman–Crippen MR) is 146 cm³/mol. The van der Waals surface area contributed by atoms with Crippen LogP contribution in [0.15, 0.2) is 60.9 Å². The lowest BCUT2D eigenvalue weighted by Crippen LogP contribution is -2.43. The molecular formula is C26H30FN7O2S. The number of aromatic nitrogens is 3. The van der Waals surface area contributed by atoms with E-state index in [1.165, 1.54) is 6.07 Å². The van der Waals surface area contributed by atoms with Gasteiger partial charge < -0.3 is 20.1 Å². The Morgan fingerprint density at radius 3 is 2.54 bits per heavy atom. The molecule has 37 heavy (non-hydrogen) atoms. The van der Waals surface area contributed by atoms with Crippen molar-refractivity contribution in [3.8, 4) is 5.69 Å². The number of fused-ring (bicyclic) bond motifs is 1. The molecule has 3 N–H and O–H groups in total. The largest absolute Gasteiger partial charge is 0.367 e. The van der Waals surface area contributed by atoms with Crippen molar-refractivity contribution in [1.82, 2.24) is 19.9 Å². The first-order valence-corrected chi connectivity index (χ1v) is 13.6. The maximum atomic E-state index is 14.9. The summed E-state index contributed by atoms with van der Waals surface area (Å²) in [5, 5.41) is 7.18. The number of rotatable bonds is 6. The van der Waals surface area contributed by atoms with E-state index in [1.807, 2.05) is 33.9 Å². The van der Waals surface area contributed by atoms with Gasteiger partial charge in [-0.05, 0) is 63.2 Å². The van der Waals surface area contributed by atoms with Gasteiger partial charge in [-0.15, -0.1) is 0 Å². The Morgan fingerprint density at radius 2 is 1.81 bits per heavy atom. The molecule has 0 atom stereocenters. The molecule has 0 bridgehead atoms. The summed E-state index contributed by atoms with van der Waals surface area (Å²) in [6.45, 7) is 8.13. The van der Waals surface area contributed by atoms with Gasteiger partial charge in [0.05, 0.1) is 16.1 Å². The van der Waals surface area contributed by atoms with E-state index < -0.39 is 14.8 Å². The minimum atomic E-state index is -3.57. The van der Waals surface area contributed by atoms with Crippen molar-refractivity contribution >= 4 is 44.1 Å². The first-order valence-electron chi connectivity index (χ1n) is 12.1. The highest BCUT2D eigenvalue weighted by molar-refractivity contribution is 7.94. The van der Waals surface area contributed by atoms with Crippen molar-refractivity contribution < 1.29 is 12.8 Å². The van der Waals surface area contributed by atoms with Crippen LogP contribution in [0.5, 0.6) is 0 Å². The molecule has 2 aromatic heterocycles. The number of sulfonamides is 1. The van der Waals surface area contributed by atoms with Crippen molar-refractivity contribution in [3.05, 3.63) is 66.7 Å². The monoisotopic (exact) mass is 523 g/mol. The summed E-state index contributed by atoms with van der Waals surface area (Å²) >= 11 is 0. The van der Waals surface area contributed by atoms with Crippen LogP contribution < -0.4 is 20.3 Å². The summed E-state index contributed by atoms with van der Waals surface area (Å²) in [7, 11) is -3.57. The fourth-order valence-corrected chi connectivity index (χ4v) is 4.83. The van der Waals surface area contributed by atoms with Gasteiger partial charge in [0.25, 0.3) is 0 Å². The molecule has 194 valence electrons. The van der Waals surface area contributed by atoms with Crippen LogP contribution in [0.1, 0.15) is 20.8 Å². The Morgan fingerprint density at radius 1 is 1.03 bits per heavy atom. The second-order valence-electron chi connectivity index (χ2n) is 9.95. The smallest absolute Gasteiger partial charge is 0.237 e. The van der Waals surface area contributed by atoms with E-state index in [0.29, 0.717) is 28.7 Å². The van der Waals surface area contributed by atoms with Gasteiger partial charge in [-0.1, -0.05) is 6.07 Å². The highest BCUT2D eigenvalue weighted by atomic mass is 32.2. The van der Waals surface area contributed by atoms with E-state index in [-0.39, 0.29) is 5.82 Å². The molecule has 5 rings (SSSR count). The molecule has 1 saturated heterocycles. The molecule has 0 saturated carbocycles. The first kappa shape index (κ1) is 25.0. The van der Waals surface area contributed by atoms with Gasteiger partial charge in [-0.3, -0.25) is 4.72 Å². The Labute approximate surface area is 215 Å². The average Bonchev–Trinajstić information content (AvgIpc) is 3.27. The maximum absolute atomic E-state index is 14.9. The van der Waals surface area contributed by atoms with Gasteiger partial charge in [-0.2, -0.15) is 4.98 Å². The number of nitrogens with zero attached hydrogens (tertiary/aromatic N) is 4. The van der Waals surface area contributed by atoms with Crippen LogP contribution in [0, 0.1) is 5.82 Å².